The van der Waals surface area contributed by atoms with Crippen molar-refractivity contribution in [3.05, 3.63) is 76.9 Å². The first-order chi connectivity index (χ1) is 13.5. The molecule has 1 aliphatic heterocycles. The Morgan fingerprint density at radius 2 is 2.00 bits per heavy atom. The largest absolute Gasteiger partial charge is 0.550 e. The molecule has 144 valence electrons. The van der Waals surface area contributed by atoms with Gasteiger partial charge in [0, 0.05) is 36.1 Å². The minimum atomic E-state index is -1.17. The molecule has 4 rings (SSSR count). The molecule has 1 heterocycles. The normalized spacial score (nSPS) is 22.1. The number of hydrogen-bond donors (Lipinski definition) is 2. The number of aryl methyl sites for hydroxylation is 1. The molecule has 0 saturated carbocycles. The third-order valence-electron chi connectivity index (χ3n) is 5.76. The van der Waals surface area contributed by atoms with Gasteiger partial charge in [-0.25, -0.2) is 0 Å². The second-order valence-corrected chi connectivity index (χ2v) is 7.51. The van der Waals surface area contributed by atoms with E-state index >= 15 is 0 Å². The molecule has 2 aliphatic rings. The summed E-state index contributed by atoms with van der Waals surface area (Å²) < 4.78 is 0. The van der Waals surface area contributed by atoms with Crippen LogP contribution >= 0.6 is 0 Å². The topological polar surface area (TPSA) is 81.3 Å². The van der Waals surface area contributed by atoms with E-state index in [-0.39, 0.29) is 30.8 Å². The Kier molecular flexibility index (Phi) is 4.90. The highest BCUT2D eigenvalue weighted by molar-refractivity contribution is 5.95. The Balaban J connectivity index is 1.61. The second kappa shape index (κ2) is 7.50. The van der Waals surface area contributed by atoms with Crippen molar-refractivity contribution in [3.63, 3.8) is 0 Å². The first-order valence-corrected chi connectivity index (χ1v) is 9.65. The molecule has 0 bridgehead atoms. The lowest BCUT2D eigenvalue weighted by atomic mass is 9.76. The molecule has 0 fully saturated rings. The van der Waals surface area contributed by atoms with Gasteiger partial charge in [0.05, 0.1) is 6.04 Å². The lowest BCUT2D eigenvalue weighted by molar-refractivity contribution is -0.305. The van der Waals surface area contributed by atoms with Crippen LogP contribution in [0.25, 0.3) is 0 Å². The maximum atomic E-state index is 12.4. The fourth-order valence-corrected chi connectivity index (χ4v) is 4.36. The summed E-state index contributed by atoms with van der Waals surface area (Å²) in [6.07, 6.45) is 5.28. The smallest absolute Gasteiger partial charge is 0.251 e. The van der Waals surface area contributed by atoms with Crippen LogP contribution < -0.4 is 15.7 Å². The zero-order chi connectivity index (χ0) is 19.7. The molecule has 0 radical (unpaired) electrons. The van der Waals surface area contributed by atoms with E-state index in [4.69, 9.17) is 0 Å². The van der Waals surface area contributed by atoms with Crippen LogP contribution in [-0.2, 0) is 4.79 Å². The fourth-order valence-electron chi connectivity index (χ4n) is 4.36. The van der Waals surface area contributed by atoms with E-state index in [9.17, 15) is 14.7 Å². The van der Waals surface area contributed by atoms with Crippen molar-refractivity contribution in [2.24, 2.45) is 5.92 Å². The third-order valence-corrected chi connectivity index (χ3v) is 5.76. The molecule has 2 aromatic carbocycles. The lowest BCUT2D eigenvalue weighted by Gasteiger charge is -2.38. The molecular weight excluding hydrogens is 352 g/mol. The molecule has 0 aromatic heterocycles. The van der Waals surface area contributed by atoms with Gasteiger partial charge in [-0.05, 0) is 54.2 Å². The van der Waals surface area contributed by atoms with Crippen LogP contribution in [0, 0.1) is 12.8 Å². The van der Waals surface area contributed by atoms with Crippen molar-refractivity contribution < 1.29 is 14.7 Å². The van der Waals surface area contributed by atoms with Crippen LogP contribution in [0.4, 0.5) is 5.69 Å². The summed E-state index contributed by atoms with van der Waals surface area (Å²) in [7, 11) is 0. The molecule has 2 aromatic rings. The summed E-state index contributed by atoms with van der Waals surface area (Å²) in [5.41, 5.74) is 5.31. The Morgan fingerprint density at radius 1 is 1.18 bits per heavy atom. The summed E-state index contributed by atoms with van der Waals surface area (Å²) in [4.78, 5) is 22.9. The summed E-state index contributed by atoms with van der Waals surface area (Å²) in [5.74, 6) is -0.762. The van der Waals surface area contributed by atoms with Gasteiger partial charge >= 0.3 is 0 Å². The molecule has 0 unspecified atom stereocenters. The van der Waals surface area contributed by atoms with Gasteiger partial charge in [0.2, 0.25) is 0 Å². The molecule has 1 amide bonds. The van der Waals surface area contributed by atoms with E-state index < -0.39 is 5.97 Å². The maximum Gasteiger partial charge on any atom is 0.251 e. The van der Waals surface area contributed by atoms with Gasteiger partial charge in [0.25, 0.3) is 5.91 Å². The van der Waals surface area contributed by atoms with Crippen LogP contribution in [0.1, 0.15) is 51.8 Å². The predicted octanol–water partition coefficient (Wildman–Crippen LogP) is 2.69. The van der Waals surface area contributed by atoms with Crippen molar-refractivity contribution in [1.82, 2.24) is 5.32 Å². The molecular formula is C23H23N2O3-. The first kappa shape index (κ1) is 18.3. The van der Waals surface area contributed by atoms with Crippen LogP contribution in [-0.4, -0.2) is 18.4 Å². The Bertz CT molecular complexity index is 951. The number of amides is 1. The number of carboxylic acids is 1. The summed E-state index contributed by atoms with van der Waals surface area (Å²) >= 11 is 0. The van der Waals surface area contributed by atoms with E-state index in [0.29, 0.717) is 11.5 Å². The number of carbonyl (C=O) groups excluding carboxylic acids is 2. The molecule has 0 spiro atoms. The number of nitrogens with one attached hydrogen (secondary N) is 2. The van der Waals surface area contributed by atoms with Gasteiger partial charge in [-0.3, -0.25) is 4.79 Å². The van der Waals surface area contributed by atoms with Crippen LogP contribution in [0.2, 0.25) is 0 Å². The van der Waals surface area contributed by atoms with Gasteiger partial charge in [0.15, 0.2) is 0 Å². The monoisotopic (exact) mass is 375 g/mol. The second-order valence-electron chi connectivity index (χ2n) is 7.51. The van der Waals surface area contributed by atoms with Crippen molar-refractivity contribution >= 4 is 17.6 Å². The fraction of sp³-hybridized carbons (Fsp3) is 0.304. The van der Waals surface area contributed by atoms with Gasteiger partial charge < -0.3 is 20.5 Å². The van der Waals surface area contributed by atoms with Crippen molar-refractivity contribution in [2.45, 2.75) is 31.7 Å². The molecule has 5 nitrogen and oxygen atoms in total. The highest BCUT2D eigenvalue weighted by Crippen LogP contribution is 2.50. The van der Waals surface area contributed by atoms with Crippen LogP contribution in [0.15, 0.2) is 54.6 Å². The highest BCUT2D eigenvalue weighted by Gasteiger charge is 2.38. The number of aliphatic carboxylic acids is 1. The van der Waals surface area contributed by atoms with Gasteiger partial charge in [-0.2, -0.15) is 0 Å². The minimum Gasteiger partial charge on any atom is -0.550 e. The number of allylic oxidation sites excluding steroid dienone is 2. The number of benzene rings is 2. The Morgan fingerprint density at radius 3 is 2.79 bits per heavy atom. The predicted molar refractivity (Wildman–Crippen MR) is 106 cm³/mol. The number of carboxylic acid groups (broad SMARTS) is 1. The van der Waals surface area contributed by atoms with Crippen molar-refractivity contribution in [2.75, 3.05) is 11.9 Å². The standard InChI is InChI=1S/C23H24N2O3/c1-14-5-2-3-6-16(14)22-18-8-4-7-17(18)19-13-15(9-10-20(19)25-22)23(28)24-12-11-21(26)27/h2-7,9-10,13,17-18,22,25H,8,11-12H2,1H3,(H,24,28)(H,26,27)/p-1/t17-,18-,22-/m0/s1. The molecule has 2 N–H and O–H groups in total. The average Bonchev–Trinajstić information content (AvgIpc) is 3.17. The Labute approximate surface area is 164 Å². The van der Waals surface area contributed by atoms with E-state index in [1.807, 2.05) is 12.1 Å². The number of anilines is 1. The van der Waals surface area contributed by atoms with Gasteiger partial charge in [0.1, 0.15) is 0 Å². The number of rotatable bonds is 5. The van der Waals surface area contributed by atoms with E-state index in [2.05, 4.69) is 54.0 Å². The first-order valence-electron chi connectivity index (χ1n) is 9.65. The number of fused-ring (bicyclic) bond motifs is 3. The molecule has 5 heteroatoms. The quantitative estimate of drug-likeness (QED) is 0.788. The molecule has 1 aliphatic carbocycles. The van der Waals surface area contributed by atoms with E-state index in [1.165, 1.54) is 11.1 Å². The van der Waals surface area contributed by atoms with Crippen LogP contribution in [0.5, 0.6) is 0 Å². The average molecular weight is 375 g/mol. The molecule has 28 heavy (non-hydrogen) atoms. The highest BCUT2D eigenvalue weighted by atomic mass is 16.4. The third kappa shape index (κ3) is 3.40. The minimum absolute atomic E-state index is 0.0673. The summed E-state index contributed by atoms with van der Waals surface area (Å²) in [6.45, 7) is 2.21. The van der Waals surface area contributed by atoms with Gasteiger partial charge in [-0.15, -0.1) is 0 Å². The SMILES string of the molecule is Cc1ccccc1[C@@H]1Nc2ccc(C(=O)NCCC(=O)[O-])cc2[C@H]2C=CC[C@@H]21. The number of hydrogen-bond acceptors (Lipinski definition) is 4. The lowest BCUT2D eigenvalue weighted by Crippen LogP contribution is -2.32. The van der Waals surface area contributed by atoms with Gasteiger partial charge in [-0.1, -0.05) is 36.4 Å². The summed E-state index contributed by atoms with van der Waals surface area (Å²) in [6, 6.07) is 14.4. The maximum absolute atomic E-state index is 12.4. The van der Waals surface area contributed by atoms with E-state index in [1.54, 1.807) is 6.07 Å². The Hall–Kier alpha value is -3.08. The van der Waals surface area contributed by atoms with E-state index in [0.717, 1.165) is 17.7 Å². The number of carbonyl (C=O) groups is 2. The zero-order valence-corrected chi connectivity index (χ0v) is 15.8. The molecule has 0 saturated heterocycles. The molecule has 3 atom stereocenters. The zero-order valence-electron chi connectivity index (χ0n) is 15.8. The van der Waals surface area contributed by atoms with Crippen molar-refractivity contribution in [3.8, 4) is 0 Å². The van der Waals surface area contributed by atoms with Crippen LogP contribution in [0.3, 0.4) is 0 Å². The summed E-state index contributed by atoms with van der Waals surface area (Å²) in [5, 5.41) is 16.9. The van der Waals surface area contributed by atoms with Crippen molar-refractivity contribution in [1.29, 1.82) is 0 Å².